The first-order valence-electron chi connectivity index (χ1n) is 16.2. The number of carbonyl (C=O) groups is 2. The third kappa shape index (κ3) is 4.43. The molecule has 232 valence electrons. The van der Waals surface area contributed by atoms with Gasteiger partial charge in [0.15, 0.2) is 12.6 Å². The highest BCUT2D eigenvalue weighted by atomic mass is 16.7. The molecule has 6 saturated carbocycles. The van der Waals surface area contributed by atoms with Crippen LogP contribution in [0.2, 0.25) is 0 Å². The maximum absolute atomic E-state index is 13.4. The molecule has 0 spiro atoms. The monoisotopic (exact) mass is 576 g/mol. The van der Waals surface area contributed by atoms with Crippen LogP contribution in [-0.2, 0) is 28.5 Å². The van der Waals surface area contributed by atoms with Crippen molar-refractivity contribution in [3.05, 3.63) is 0 Å². The first-order valence-corrected chi connectivity index (χ1v) is 16.2. The molecule has 2 N–H and O–H groups in total. The fourth-order valence-electron chi connectivity index (χ4n) is 10.6. The lowest BCUT2D eigenvalue weighted by Gasteiger charge is -2.50. The van der Waals surface area contributed by atoms with E-state index in [1.165, 1.54) is 12.8 Å². The molecule has 10 atom stereocenters. The lowest BCUT2D eigenvalue weighted by molar-refractivity contribution is -0.268. The van der Waals surface area contributed by atoms with Crippen molar-refractivity contribution in [2.24, 2.45) is 57.7 Å². The Morgan fingerprint density at radius 3 is 2.24 bits per heavy atom. The third-order valence-electron chi connectivity index (χ3n) is 12.9. The maximum Gasteiger partial charge on any atom is 0.318 e. The summed E-state index contributed by atoms with van der Waals surface area (Å²) in [6, 6.07) is 0. The van der Waals surface area contributed by atoms with Gasteiger partial charge in [-0.3, -0.25) is 9.59 Å². The molecule has 1 saturated heterocycles. The Morgan fingerprint density at radius 1 is 1.00 bits per heavy atom. The summed E-state index contributed by atoms with van der Waals surface area (Å²) in [7, 11) is 0. The zero-order valence-corrected chi connectivity index (χ0v) is 26.1. The van der Waals surface area contributed by atoms with E-state index < -0.39 is 47.2 Å². The van der Waals surface area contributed by atoms with Gasteiger partial charge in [-0.05, 0) is 107 Å². The Kier molecular flexibility index (Phi) is 7.20. The minimum absolute atomic E-state index is 0.0821. The van der Waals surface area contributed by atoms with Crippen molar-refractivity contribution in [3.8, 4) is 0 Å². The number of carbonyl (C=O) groups excluding carboxylic acids is 2. The van der Waals surface area contributed by atoms with Crippen molar-refractivity contribution in [2.75, 3.05) is 6.61 Å². The van der Waals surface area contributed by atoms with Gasteiger partial charge in [0.1, 0.15) is 24.2 Å². The van der Waals surface area contributed by atoms with Crippen LogP contribution in [0.15, 0.2) is 0 Å². The molecule has 41 heavy (non-hydrogen) atoms. The van der Waals surface area contributed by atoms with Gasteiger partial charge in [-0.25, -0.2) is 0 Å². The molecule has 0 aromatic rings. The van der Waals surface area contributed by atoms with Crippen molar-refractivity contribution in [3.63, 3.8) is 0 Å². The highest BCUT2D eigenvalue weighted by molar-refractivity contribution is 5.82. The summed E-state index contributed by atoms with van der Waals surface area (Å²) in [6.45, 7) is 14.2. The molecule has 0 aromatic carbocycles. The first kappa shape index (κ1) is 29.8. The van der Waals surface area contributed by atoms with Crippen LogP contribution in [0.4, 0.5) is 0 Å². The molecule has 8 heteroatoms. The number of hydrogen-bond acceptors (Lipinski definition) is 8. The average molecular weight is 577 g/mol. The predicted octanol–water partition coefficient (Wildman–Crippen LogP) is 4.83. The van der Waals surface area contributed by atoms with Gasteiger partial charge in [0, 0.05) is 11.8 Å². The van der Waals surface area contributed by atoms with Crippen LogP contribution in [-0.4, -0.2) is 59.1 Å². The standard InChI is InChI=1S/C33H52O8/c1-17(2)11-31(7,18(3)4)27(35)39-25-22-10-23-26(25)40-29(37)33(23,15-22)28(36)38-16-24(34)41-30(5,6)32-12-19-8-20(13-32)21(9-19)14-32/h17-26,28,34,36H,8-16H2,1-7H3. The number of ether oxygens (including phenoxy) is 4. The second kappa shape index (κ2) is 9.90. The fraction of sp³-hybridized carbons (Fsp3) is 0.939. The van der Waals surface area contributed by atoms with Crippen LogP contribution >= 0.6 is 0 Å². The average Bonchev–Trinajstić information content (AvgIpc) is 3.60. The third-order valence-corrected chi connectivity index (χ3v) is 12.9. The van der Waals surface area contributed by atoms with Crippen LogP contribution < -0.4 is 0 Å². The minimum atomic E-state index is -1.42. The molecular formula is C33H52O8. The van der Waals surface area contributed by atoms with E-state index in [1.54, 1.807) is 0 Å². The molecule has 6 bridgehead atoms. The van der Waals surface area contributed by atoms with Crippen molar-refractivity contribution in [1.29, 1.82) is 0 Å². The molecule has 6 aliphatic carbocycles. The Morgan fingerprint density at radius 2 is 1.66 bits per heavy atom. The molecule has 7 fully saturated rings. The van der Waals surface area contributed by atoms with E-state index in [0.717, 1.165) is 43.4 Å². The van der Waals surface area contributed by atoms with Crippen molar-refractivity contribution in [2.45, 2.75) is 130 Å². The van der Waals surface area contributed by atoms with Crippen LogP contribution in [0, 0.1) is 57.7 Å². The van der Waals surface area contributed by atoms with Gasteiger partial charge in [0.2, 0.25) is 0 Å². The predicted molar refractivity (Wildman–Crippen MR) is 150 cm³/mol. The van der Waals surface area contributed by atoms with Gasteiger partial charge in [-0.1, -0.05) is 27.7 Å². The minimum Gasteiger partial charge on any atom is -0.458 e. The Hall–Kier alpha value is -1.22. The number of rotatable bonds is 12. The van der Waals surface area contributed by atoms with E-state index in [-0.39, 0.29) is 35.7 Å². The largest absolute Gasteiger partial charge is 0.458 e. The van der Waals surface area contributed by atoms with E-state index in [0.29, 0.717) is 18.8 Å². The van der Waals surface area contributed by atoms with Crippen LogP contribution in [0.3, 0.4) is 0 Å². The zero-order chi connectivity index (χ0) is 29.7. The molecule has 0 aromatic heterocycles. The molecule has 1 heterocycles. The number of esters is 2. The second-order valence-corrected chi connectivity index (χ2v) is 16.3. The van der Waals surface area contributed by atoms with Crippen LogP contribution in [0.1, 0.15) is 99.8 Å². The zero-order valence-electron chi connectivity index (χ0n) is 26.1. The number of fused-ring (bicyclic) bond motifs is 1. The van der Waals surface area contributed by atoms with E-state index in [9.17, 15) is 19.8 Å². The molecule has 0 radical (unpaired) electrons. The molecule has 8 nitrogen and oxygen atoms in total. The van der Waals surface area contributed by atoms with Crippen molar-refractivity contribution < 1.29 is 38.7 Å². The lowest BCUT2D eigenvalue weighted by atomic mass is 9.61. The van der Waals surface area contributed by atoms with Gasteiger partial charge in [-0.15, -0.1) is 0 Å². The van der Waals surface area contributed by atoms with E-state index in [1.807, 2.05) is 20.8 Å². The van der Waals surface area contributed by atoms with Gasteiger partial charge in [0.05, 0.1) is 11.0 Å². The van der Waals surface area contributed by atoms with Crippen molar-refractivity contribution >= 4 is 11.9 Å². The number of aliphatic hydroxyl groups excluding tert-OH is 2. The van der Waals surface area contributed by atoms with Crippen LogP contribution in [0.25, 0.3) is 0 Å². The van der Waals surface area contributed by atoms with E-state index >= 15 is 0 Å². The van der Waals surface area contributed by atoms with Gasteiger partial charge in [0.25, 0.3) is 0 Å². The number of aliphatic hydroxyl groups is 2. The lowest BCUT2D eigenvalue weighted by Crippen LogP contribution is -2.51. The molecule has 10 unspecified atom stereocenters. The maximum atomic E-state index is 13.4. The molecular weight excluding hydrogens is 524 g/mol. The normalized spacial score (nSPS) is 43.2. The second-order valence-electron chi connectivity index (χ2n) is 16.3. The van der Waals surface area contributed by atoms with Crippen molar-refractivity contribution in [1.82, 2.24) is 0 Å². The molecule has 1 aliphatic heterocycles. The first-order chi connectivity index (χ1) is 19.1. The summed E-state index contributed by atoms with van der Waals surface area (Å²) in [4.78, 5) is 26.7. The fourth-order valence-corrected chi connectivity index (χ4v) is 10.6. The summed E-state index contributed by atoms with van der Waals surface area (Å²) in [6.07, 6.45) is 4.14. The topological polar surface area (TPSA) is 112 Å². The molecule has 0 amide bonds. The smallest absolute Gasteiger partial charge is 0.318 e. The Labute approximate surface area is 245 Å². The number of hydrogen-bond donors (Lipinski definition) is 2. The highest BCUT2D eigenvalue weighted by Gasteiger charge is 2.74. The summed E-state index contributed by atoms with van der Waals surface area (Å²) in [5.41, 5.74) is -2.25. The Balaban J connectivity index is 1.07. The summed E-state index contributed by atoms with van der Waals surface area (Å²) in [5.74, 6) is 1.70. The van der Waals surface area contributed by atoms with Gasteiger partial charge in [-0.2, -0.15) is 0 Å². The summed E-state index contributed by atoms with van der Waals surface area (Å²) in [5, 5.41) is 22.1. The highest BCUT2D eigenvalue weighted by Crippen LogP contribution is 2.68. The van der Waals surface area contributed by atoms with Gasteiger partial charge >= 0.3 is 11.9 Å². The molecule has 7 rings (SSSR count). The van der Waals surface area contributed by atoms with E-state index in [2.05, 4.69) is 27.7 Å². The van der Waals surface area contributed by atoms with E-state index in [4.69, 9.17) is 18.9 Å². The van der Waals surface area contributed by atoms with Crippen LogP contribution in [0.5, 0.6) is 0 Å². The summed E-state index contributed by atoms with van der Waals surface area (Å²) >= 11 is 0. The quantitative estimate of drug-likeness (QED) is 0.251. The SMILES string of the molecule is CC(C)CC(C)(C(=O)OC1C2CC3C1OC(=O)C3(C(O)OCC(O)OC(C)(C)C13CC4CC(C1)C(C4)C3)C2)C(C)C. The molecule has 7 aliphatic rings. The van der Waals surface area contributed by atoms with Gasteiger partial charge < -0.3 is 29.2 Å². The Bertz CT molecular complexity index is 1030. The summed E-state index contributed by atoms with van der Waals surface area (Å²) < 4.78 is 23.9.